The minimum atomic E-state index is 0.726. The van der Waals surface area contributed by atoms with Gasteiger partial charge in [-0.05, 0) is 32.5 Å². The molecule has 0 heterocycles. The summed E-state index contributed by atoms with van der Waals surface area (Å²) in [5, 5.41) is 4.02. The van der Waals surface area contributed by atoms with E-state index in [1.54, 1.807) is 7.11 Å². The minimum absolute atomic E-state index is 0.726. The van der Waals surface area contributed by atoms with E-state index in [1.807, 2.05) is 6.92 Å². The molecule has 96 valence electrons. The van der Waals surface area contributed by atoms with E-state index < -0.39 is 0 Å². The van der Waals surface area contributed by atoms with Crippen molar-refractivity contribution < 1.29 is 9.47 Å². The van der Waals surface area contributed by atoms with Crippen LogP contribution in [0.5, 0.6) is 0 Å². The number of rotatable bonds is 9. The summed E-state index contributed by atoms with van der Waals surface area (Å²) >= 11 is 5.29. The topological polar surface area (TPSA) is 33.7 Å². The van der Waals surface area contributed by atoms with Gasteiger partial charge in [0.15, 0.2) is 5.11 Å². The molecule has 0 aliphatic heterocycles. The van der Waals surface area contributed by atoms with Gasteiger partial charge in [0.05, 0.1) is 6.61 Å². The number of hydrogen-bond acceptors (Lipinski definition) is 3. The smallest absolute Gasteiger partial charge is 0.169 e. The Labute approximate surface area is 104 Å². The Bertz CT molecular complexity index is 179. The lowest BCUT2D eigenvalue weighted by Gasteiger charge is -2.24. The minimum Gasteiger partial charge on any atom is -0.385 e. The molecule has 0 aromatic carbocycles. The molecule has 0 aliphatic rings. The molecule has 0 rings (SSSR count). The van der Waals surface area contributed by atoms with E-state index >= 15 is 0 Å². The van der Waals surface area contributed by atoms with Gasteiger partial charge in [0, 0.05) is 40.0 Å². The summed E-state index contributed by atoms with van der Waals surface area (Å²) in [6, 6.07) is 0. The number of ether oxygens (including phenoxy) is 2. The molecule has 0 aromatic heterocycles. The second kappa shape index (κ2) is 11.1. The molecule has 5 heteroatoms. The number of methoxy groups -OCH3 is 1. The zero-order chi connectivity index (χ0) is 12.2. The highest BCUT2D eigenvalue weighted by Crippen LogP contribution is 1.91. The SMILES string of the molecule is CCOCCN(CC)C(=S)NCCCOC. The van der Waals surface area contributed by atoms with E-state index in [4.69, 9.17) is 21.7 Å². The molecule has 0 unspecified atom stereocenters. The molecule has 16 heavy (non-hydrogen) atoms. The van der Waals surface area contributed by atoms with Crippen molar-refractivity contribution in [2.24, 2.45) is 0 Å². The summed E-state index contributed by atoms with van der Waals surface area (Å²) in [7, 11) is 1.71. The van der Waals surface area contributed by atoms with Crippen molar-refractivity contribution in [3.05, 3.63) is 0 Å². The number of likely N-dealkylation sites (N-methyl/N-ethyl adjacent to an activating group) is 1. The lowest BCUT2D eigenvalue weighted by atomic mass is 10.4. The Morgan fingerprint density at radius 1 is 1.31 bits per heavy atom. The monoisotopic (exact) mass is 248 g/mol. The maximum absolute atomic E-state index is 5.31. The van der Waals surface area contributed by atoms with E-state index in [-0.39, 0.29) is 0 Å². The zero-order valence-electron chi connectivity index (χ0n) is 10.6. The molecule has 0 amide bonds. The Hall–Kier alpha value is -0.390. The fraction of sp³-hybridized carbons (Fsp3) is 0.909. The number of thiocarbonyl (C=S) groups is 1. The van der Waals surface area contributed by atoms with Gasteiger partial charge in [-0.15, -0.1) is 0 Å². The van der Waals surface area contributed by atoms with Crippen LogP contribution in [0.2, 0.25) is 0 Å². The molecule has 0 atom stereocenters. The van der Waals surface area contributed by atoms with Gasteiger partial charge in [0.1, 0.15) is 0 Å². The summed E-state index contributed by atoms with van der Waals surface area (Å²) < 4.78 is 10.3. The first-order valence-corrected chi connectivity index (χ1v) is 6.26. The van der Waals surface area contributed by atoms with Gasteiger partial charge in [0.2, 0.25) is 0 Å². The molecule has 0 spiro atoms. The number of nitrogens with zero attached hydrogens (tertiary/aromatic N) is 1. The first-order valence-electron chi connectivity index (χ1n) is 5.85. The lowest BCUT2D eigenvalue weighted by molar-refractivity contribution is 0.133. The Morgan fingerprint density at radius 2 is 2.06 bits per heavy atom. The van der Waals surface area contributed by atoms with Crippen LogP contribution in [0.15, 0.2) is 0 Å². The van der Waals surface area contributed by atoms with Crippen molar-refractivity contribution >= 4 is 17.3 Å². The molecule has 0 aliphatic carbocycles. The fourth-order valence-electron chi connectivity index (χ4n) is 1.25. The van der Waals surface area contributed by atoms with Crippen LogP contribution in [-0.2, 0) is 9.47 Å². The highest BCUT2D eigenvalue weighted by atomic mass is 32.1. The van der Waals surface area contributed by atoms with Crippen LogP contribution in [0.1, 0.15) is 20.3 Å². The van der Waals surface area contributed by atoms with Crippen molar-refractivity contribution in [2.45, 2.75) is 20.3 Å². The summed E-state index contributed by atoms with van der Waals surface area (Å²) in [5.41, 5.74) is 0. The van der Waals surface area contributed by atoms with Gasteiger partial charge in [-0.25, -0.2) is 0 Å². The molecule has 0 radical (unpaired) electrons. The van der Waals surface area contributed by atoms with Crippen LogP contribution in [0, 0.1) is 0 Å². The average Bonchev–Trinajstić information content (AvgIpc) is 2.30. The molecule has 0 saturated carbocycles. The predicted octanol–water partition coefficient (Wildman–Crippen LogP) is 1.26. The van der Waals surface area contributed by atoms with Crippen LogP contribution >= 0.6 is 12.2 Å². The standard InChI is InChI=1S/C11H24N2O2S/c1-4-13(8-10-15-5-2)11(16)12-7-6-9-14-3/h4-10H2,1-3H3,(H,12,16). The summed E-state index contributed by atoms with van der Waals surface area (Å²) in [4.78, 5) is 2.11. The summed E-state index contributed by atoms with van der Waals surface area (Å²) in [5.74, 6) is 0. The van der Waals surface area contributed by atoms with E-state index in [0.29, 0.717) is 0 Å². The summed E-state index contributed by atoms with van der Waals surface area (Å²) in [6.45, 7) is 8.95. The van der Waals surface area contributed by atoms with Crippen molar-refractivity contribution in [3.8, 4) is 0 Å². The predicted molar refractivity (Wildman–Crippen MR) is 70.8 cm³/mol. The summed E-state index contributed by atoms with van der Waals surface area (Å²) in [6.07, 6.45) is 0.972. The van der Waals surface area contributed by atoms with Crippen molar-refractivity contribution in [3.63, 3.8) is 0 Å². The van der Waals surface area contributed by atoms with Crippen molar-refractivity contribution in [1.82, 2.24) is 10.2 Å². The van der Waals surface area contributed by atoms with Gasteiger partial charge in [-0.2, -0.15) is 0 Å². The highest BCUT2D eigenvalue weighted by molar-refractivity contribution is 7.80. The van der Waals surface area contributed by atoms with Gasteiger partial charge in [-0.3, -0.25) is 0 Å². The van der Waals surface area contributed by atoms with Crippen LogP contribution in [0.25, 0.3) is 0 Å². The van der Waals surface area contributed by atoms with Crippen LogP contribution in [0.3, 0.4) is 0 Å². The largest absolute Gasteiger partial charge is 0.385 e. The fourth-order valence-corrected chi connectivity index (χ4v) is 1.57. The first-order chi connectivity index (χ1) is 7.76. The third kappa shape index (κ3) is 7.84. The molecule has 0 bridgehead atoms. The molecule has 0 aromatic rings. The maximum Gasteiger partial charge on any atom is 0.169 e. The molecule has 4 nitrogen and oxygen atoms in total. The molecule has 0 fully saturated rings. The average molecular weight is 248 g/mol. The third-order valence-corrected chi connectivity index (χ3v) is 2.58. The highest BCUT2D eigenvalue weighted by Gasteiger charge is 2.05. The lowest BCUT2D eigenvalue weighted by Crippen LogP contribution is -2.41. The number of hydrogen-bond donors (Lipinski definition) is 1. The van der Waals surface area contributed by atoms with Crippen LogP contribution < -0.4 is 5.32 Å². The van der Waals surface area contributed by atoms with Gasteiger partial charge >= 0.3 is 0 Å². The normalized spacial score (nSPS) is 10.2. The number of nitrogens with one attached hydrogen (secondary N) is 1. The Balaban J connectivity index is 3.65. The molecular formula is C11H24N2O2S. The first kappa shape index (κ1) is 15.6. The second-order valence-corrected chi connectivity index (χ2v) is 3.74. The van der Waals surface area contributed by atoms with Gasteiger partial charge in [0.25, 0.3) is 0 Å². The van der Waals surface area contributed by atoms with Crippen molar-refractivity contribution in [2.75, 3.05) is 46.6 Å². The maximum atomic E-state index is 5.31. The Morgan fingerprint density at radius 3 is 2.62 bits per heavy atom. The van der Waals surface area contributed by atoms with Crippen LogP contribution in [-0.4, -0.2) is 56.6 Å². The van der Waals surface area contributed by atoms with E-state index in [1.165, 1.54) is 0 Å². The second-order valence-electron chi connectivity index (χ2n) is 3.35. The van der Waals surface area contributed by atoms with Gasteiger partial charge in [-0.1, -0.05) is 0 Å². The van der Waals surface area contributed by atoms with Crippen LogP contribution in [0.4, 0.5) is 0 Å². The molecular weight excluding hydrogens is 224 g/mol. The van der Waals surface area contributed by atoms with E-state index in [9.17, 15) is 0 Å². The quantitative estimate of drug-likeness (QED) is 0.491. The van der Waals surface area contributed by atoms with Gasteiger partial charge < -0.3 is 19.7 Å². The molecule has 0 saturated heterocycles. The zero-order valence-corrected chi connectivity index (χ0v) is 11.4. The van der Waals surface area contributed by atoms with E-state index in [0.717, 1.165) is 51.0 Å². The van der Waals surface area contributed by atoms with E-state index in [2.05, 4.69) is 17.1 Å². The third-order valence-electron chi connectivity index (χ3n) is 2.18. The Kier molecular flexibility index (Phi) is 10.8. The molecule has 1 N–H and O–H groups in total. The van der Waals surface area contributed by atoms with Crippen molar-refractivity contribution in [1.29, 1.82) is 0 Å².